The van der Waals surface area contributed by atoms with Crippen LogP contribution in [0.3, 0.4) is 0 Å². The van der Waals surface area contributed by atoms with Gasteiger partial charge in [-0.05, 0) is 12.8 Å². The average molecular weight is 251 g/mol. The van der Waals surface area contributed by atoms with Gasteiger partial charge in [0.2, 0.25) is 5.91 Å². The molecular weight excluding hydrogens is 234 g/mol. The van der Waals surface area contributed by atoms with E-state index >= 15 is 0 Å². The van der Waals surface area contributed by atoms with Crippen molar-refractivity contribution in [2.75, 3.05) is 12.0 Å². The molecule has 0 saturated carbocycles. The number of sulfone groups is 1. The molecule has 0 aliphatic heterocycles. The van der Waals surface area contributed by atoms with Crippen LogP contribution in [0.5, 0.6) is 0 Å². The van der Waals surface area contributed by atoms with Crippen molar-refractivity contribution in [3.05, 3.63) is 0 Å². The van der Waals surface area contributed by atoms with Crippen LogP contribution in [0.1, 0.15) is 26.2 Å². The molecular formula is C9H17NO5S. The van der Waals surface area contributed by atoms with Gasteiger partial charge in [0.05, 0.1) is 5.75 Å². The molecule has 0 aromatic carbocycles. The van der Waals surface area contributed by atoms with E-state index in [4.69, 9.17) is 5.11 Å². The molecule has 16 heavy (non-hydrogen) atoms. The smallest absolute Gasteiger partial charge is 0.326 e. The van der Waals surface area contributed by atoms with Crippen molar-refractivity contribution in [1.29, 1.82) is 0 Å². The zero-order valence-electron chi connectivity index (χ0n) is 9.39. The van der Waals surface area contributed by atoms with Gasteiger partial charge in [0.15, 0.2) is 0 Å². The molecule has 1 atom stereocenters. The van der Waals surface area contributed by atoms with Crippen LogP contribution in [0.2, 0.25) is 0 Å². The highest BCUT2D eigenvalue weighted by molar-refractivity contribution is 7.90. The summed E-state index contributed by atoms with van der Waals surface area (Å²) in [5, 5.41) is 11.0. The van der Waals surface area contributed by atoms with Gasteiger partial charge in [0.25, 0.3) is 0 Å². The minimum absolute atomic E-state index is 0.0247. The average Bonchev–Trinajstić information content (AvgIpc) is 2.11. The molecule has 1 amide bonds. The van der Waals surface area contributed by atoms with E-state index in [1.807, 2.05) is 0 Å². The first-order valence-electron chi connectivity index (χ1n) is 4.96. The fourth-order valence-electron chi connectivity index (χ4n) is 1.10. The van der Waals surface area contributed by atoms with Gasteiger partial charge in [-0.3, -0.25) is 4.79 Å². The summed E-state index contributed by atoms with van der Waals surface area (Å²) in [4.78, 5) is 21.8. The van der Waals surface area contributed by atoms with Crippen molar-refractivity contribution in [2.24, 2.45) is 0 Å². The summed E-state index contributed by atoms with van der Waals surface area (Å²) in [5.41, 5.74) is 0. The van der Waals surface area contributed by atoms with Crippen LogP contribution in [0.25, 0.3) is 0 Å². The Bertz CT molecular complexity index is 349. The standard InChI is InChI=1S/C9H17NO5S/c1-3-7(9(12)13)10-8(11)5-4-6-16(2,14)15/h7H,3-6H2,1-2H3,(H,10,11)(H,12,13). The predicted molar refractivity (Wildman–Crippen MR) is 58.8 cm³/mol. The molecule has 0 aliphatic rings. The Balaban J connectivity index is 3.95. The number of carboxylic acid groups (broad SMARTS) is 1. The van der Waals surface area contributed by atoms with E-state index in [1.54, 1.807) is 6.92 Å². The maximum Gasteiger partial charge on any atom is 0.326 e. The lowest BCUT2D eigenvalue weighted by atomic mass is 10.2. The van der Waals surface area contributed by atoms with Crippen molar-refractivity contribution in [1.82, 2.24) is 5.32 Å². The number of carboxylic acids is 1. The van der Waals surface area contributed by atoms with Gasteiger partial charge in [0.1, 0.15) is 15.9 Å². The van der Waals surface area contributed by atoms with Crippen molar-refractivity contribution in [3.63, 3.8) is 0 Å². The Kier molecular flexibility index (Phi) is 6.02. The maximum atomic E-state index is 11.2. The number of amides is 1. The fraction of sp³-hybridized carbons (Fsp3) is 0.778. The van der Waals surface area contributed by atoms with Crippen molar-refractivity contribution in [2.45, 2.75) is 32.2 Å². The van der Waals surface area contributed by atoms with Crippen molar-refractivity contribution in [3.8, 4) is 0 Å². The van der Waals surface area contributed by atoms with Crippen molar-refractivity contribution >= 4 is 21.7 Å². The normalized spacial score (nSPS) is 13.1. The molecule has 0 rings (SSSR count). The number of carbonyl (C=O) groups excluding carboxylic acids is 1. The first-order valence-corrected chi connectivity index (χ1v) is 7.02. The highest BCUT2D eigenvalue weighted by Gasteiger charge is 2.17. The molecule has 0 radical (unpaired) electrons. The molecule has 0 saturated heterocycles. The molecule has 0 fully saturated rings. The van der Waals surface area contributed by atoms with E-state index in [9.17, 15) is 18.0 Å². The van der Waals surface area contributed by atoms with Crippen LogP contribution in [0, 0.1) is 0 Å². The van der Waals surface area contributed by atoms with E-state index in [0.717, 1.165) is 6.26 Å². The van der Waals surface area contributed by atoms with E-state index in [-0.39, 0.29) is 18.6 Å². The van der Waals surface area contributed by atoms with Gasteiger partial charge < -0.3 is 10.4 Å². The quantitative estimate of drug-likeness (QED) is 0.652. The monoisotopic (exact) mass is 251 g/mol. The third-order valence-electron chi connectivity index (χ3n) is 1.96. The number of nitrogens with one attached hydrogen (secondary N) is 1. The summed E-state index contributed by atoms with van der Waals surface area (Å²) >= 11 is 0. The Hall–Kier alpha value is -1.11. The van der Waals surface area contributed by atoms with E-state index < -0.39 is 27.8 Å². The summed E-state index contributed by atoms with van der Waals surface area (Å²) in [7, 11) is -3.07. The predicted octanol–water partition coefficient (Wildman–Crippen LogP) is -0.209. The Morgan fingerprint density at radius 1 is 1.38 bits per heavy atom. The van der Waals surface area contributed by atoms with Crippen LogP contribution >= 0.6 is 0 Å². The number of rotatable bonds is 7. The third-order valence-corrected chi connectivity index (χ3v) is 2.99. The summed E-state index contributed by atoms with van der Waals surface area (Å²) in [6, 6.07) is -0.897. The minimum atomic E-state index is -3.07. The van der Waals surface area contributed by atoms with Crippen LogP contribution in [-0.2, 0) is 19.4 Å². The lowest BCUT2D eigenvalue weighted by Gasteiger charge is -2.11. The molecule has 2 N–H and O–H groups in total. The zero-order valence-corrected chi connectivity index (χ0v) is 10.2. The Labute approximate surface area is 95.0 Å². The molecule has 6 nitrogen and oxygen atoms in total. The Morgan fingerprint density at radius 3 is 2.31 bits per heavy atom. The molecule has 0 heterocycles. The summed E-state index contributed by atoms with van der Waals surface area (Å²) in [6.07, 6.45) is 1.63. The second-order valence-corrected chi connectivity index (χ2v) is 5.86. The van der Waals surface area contributed by atoms with Gasteiger partial charge in [-0.2, -0.15) is 0 Å². The van der Waals surface area contributed by atoms with Crippen LogP contribution < -0.4 is 5.32 Å². The second-order valence-electron chi connectivity index (χ2n) is 3.60. The molecule has 0 spiro atoms. The molecule has 0 aromatic rings. The van der Waals surface area contributed by atoms with Crippen LogP contribution in [0.15, 0.2) is 0 Å². The van der Waals surface area contributed by atoms with Gasteiger partial charge in [-0.1, -0.05) is 6.92 Å². The topological polar surface area (TPSA) is 101 Å². The zero-order chi connectivity index (χ0) is 12.8. The first kappa shape index (κ1) is 14.9. The fourth-order valence-corrected chi connectivity index (χ4v) is 1.77. The molecule has 1 unspecified atom stereocenters. The molecule has 7 heteroatoms. The van der Waals surface area contributed by atoms with Gasteiger partial charge >= 0.3 is 5.97 Å². The minimum Gasteiger partial charge on any atom is -0.480 e. The van der Waals surface area contributed by atoms with Crippen LogP contribution in [-0.4, -0.2) is 43.5 Å². The largest absolute Gasteiger partial charge is 0.480 e. The lowest BCUT2D eigenvalue weighted by Crippen LogP contribution is -2.40. The van der Waals surface area contributed by atoms with Crippen molar-refractivity contribution < 1.29 is 23.1 Å². The molecule has 94 valence electrons. The van der Waals surface area contributed by atoms with E-state index in [2.05, 4.69) is 5.32 Å². The van der Waals surface area contributed by atoms with E-state index in [1.165, 1.54) is 0 Å². The molecule has 0 aromatic heterocycles. The number of hydrogen-bond acceptors (Lipinski definition) is 4. The maximum absolute atomic E-state index is 11.2. The van der Waals surface area contributed by atoms with E-state index in [0.29, 0.717) is 6.42 Å². The lowest BCUT2D eigenvalue weighted by molar-refractivity contribution is -0.141. The summed E-state index contributed by atoms with van der Waals surface area (Å²) in [5.74, 6) is -1.58. The second kappa shape index (κ2) is 6.47. The van der Waals surface area contributed by atoms with Gasteiger partial charge in [0, 0.05) is 12.7 Å². The highest BCUT2D eigenvalue weighted by atomic mass is 32.2. The van der Waals surface area contributed by atoms with Crippen LogP contribution in [0.4, 0.5) is 0 Å². The highest BCUT2D eigenvalue weighted by Crippen LogP contribution is 1.97. The molecule has 0 aliphatic carbocycles. The number of aliphatic carboxylic acids is 1. The Morgan fingerprint density at radius 2 is 1.94 bits per heavy atom. The summed E-state index contributed by atoms with van der Waals surface area (Å²) < 4.78 is 21.5. The van der Waals surface area contributed by atoms with Gasteiger partial charge in [-0.25, -0.2) is 13.2 Å². The first-order chi connectivity index (χ1) is 7.26. The number of hydrogen-bond donors (Lipinski definition) is 2. The third kappa shape index (κ3) is 7.22. The summed E-state index contributed by atoms with van der Waals surface area (Å²) in [6.45, 7) is 1.65. The van der Waals surface area contributed by atoms with Gasteiger partial charge in [-0.15, -0.1) is 0 Å². The molecule has 0 bridgehead atoms. The number of carbonyl (C=O) groups is 2. The SMILES string of the molecule is CCC(NC(=O)CCCS(C)(=O)=O)C(=O)O.